The number of rotatable bonds is 20. The van der Waals surface area contributed by atoms with Gasteiger partial charge in [0.05, 0.1) is 5.56 Å². The molecule has 2 N–H and O–H groups in total. The van der Waals surface area contributed by atoms with E-state index in [1.165, 1.54) is 6.07 Å². The lowest BCUT2D eigenvalue weighted by molar-refractivity contribution is -0.503. The zero-order chi connectivity index (χ0) is 26.4. The lowest BCUT2D eigenvalue weighted by Gasteiger charge is -2.56. The molecule has 1 aromatic rings. The molecule has 1 rings (SSSR count). The van der Waals surface area contributed by atoms with Crippen LogP contribution in [0.3, 0.4) is 0 Å². The third-order valence-electron chi connectivity index (χ3n) is 5.81. The van der Waals surface area contributed by atoms with Gasteiger partial charge < -0.3 is 38.6 Å². The van der Waals surface area contributed by atoms with Crippen molar-refractivity contribution in [3.8, 4) is 11.5 Å². The first-order valence-corrected chi connectivity index (χ1v) is 13.2. The monoisotopic (exact) mass is 500 g/mol. The van der Waals surface area contributed by atoms with Crippen LogP contribution in [0, 0.1) is 0 Å². The maximum atomic E-state index is 11.1. The first-order valence-electron chi connectivity index (χ1n) is 13.2. The highest BCUT2D eigenvalue weighted by Crippen LogP contribution is 2.54. The Hall–Kier alpha value is -1.42. The van der Waals surface area contributed by atoms with Crippen LogP contribution < -0.4 is 0 Å². The second kappa shape index (κ2) is 15.6. The quantitative estimate of drug-likeness (QED) is 0.131. The predicted molar refractivity (Wildman–Crippen MR) is 135 cm³/mol. The second-order valence-corrected chi connectivity index (χ2v) is 8.07. The van der Waals surface area contributed by atoms with Gasteiger partial charge in [-0.25, -0.2) is 0 Å². The van der Waals surface area contributed by atoms with Crippen molar-refractivity contribution in [3.63, 3.8) is 0 Å². The predicted octanol–water partition coefficient (Wildman–Crippen LogP) is 5.83. The smallest absolute Gasteiger partial charge is 0.284 e. The minimum absolute atomic E-state index is 0.167. The number of aromatic hydroxyl groups is 2. The number of ether oxygens (including phenoxy) is 6. The summed E-state index contributed by atoms with van der Waals surface area (Å²) in [6, 6.07) is 4.64. The van der Waals surface area contributed by atoms with Gasteiger partial charge in [0.15, 0.2) is 11.5 Å². The molecular weight excluding hydrogens is 452 g/mol. The molecule has 0 aromatic heterocycles. The van der Waals surface area contributed by atoms with Gasteiger partial charge in [0.1, 0.15) is 0 Å². The van der Waals surface area contributed by atoms with E-state index in [2.05, 4.69) is 6.92 Å². The molecular formula is C27H48O8. The molecule has 0 aliphatic carbocycles. The molecule has 8 nitrogen and oxygen atoms in total. The third-order valence-corrected chi connectivity index (χ3v) is 5.81. The molecule has 8 heteroatoms. The van der Waals surface area contributed by atoms with Crippen molar-refractivity contribution in [2.24, 2.45) is 0 Å². The number of benzene rings is 1. The Morgan fingerprint density at radius 1 is 0.629 bits per heavy atom. The van der Waals surface area contributed by atoms with E-state index in [9.17, 15) is 10.2 Å². The van der Waals surface area contributed by atoms with E-state index in [1.54, 1.807) is 12.1 Å². The van der Waals surface area contributed by atoms with Gasteiger partial charge in [-0.1, -0.05) is 32.3 Å². The minimum atomic E-state index is -1.83. The number of hydrogen-bond acceptors (Lipinski definition) is 8. The molecule has 0 saturated heterocycles. The Morgan fingerprint density at radius 2 is 1.14 bits per heavy atom. The van der Waals surface area contributed by atoms with E-state index in [1.807, 2.05) is 41.5 Å². The van der Waals surface area contributed by atoms with Crippen LogP contribution in [0.1, 0.15) is 86.1 Å². The van der Waals surface area contributed by atoms with Crippen LogP contribution in [0.25, 0.3) is 0 Å². The summed E-state index contributed by atoms with van der Waals surface area (Å²) in [6.07, 6.45) is 4.35. The van der Waals surface area contributed by atoms with E-state index in [-0.39, 0.29) is 43.5 Å². The van der Waals surface area contributed by atoms with Gasteiger partial charge in [0, 0.05) is 46.1 Å². The van der Waals surface area contributed by atoms with E-state index >= 15 is 0 Å². The molecule has 0 aliphatic rings. The van der Waals surface area contributed by atoms with Crippen molar-refractivity contribution in [3.05, 3.63) is 23.8 Å². The molecule has 0 amide bonds. The molecule has 0 fully saturated rings. The normalized spacial score (nSPS) is 12.9. The van der Waals surface area contributed by atoms with Gasteiger partial charge in [-0.15, -0.1) is 0 Å². The van der Waals surface area contributed by atoms with Crippen LogP contribution in [0.4, 0.5) is 0 Å². The summed E-state index contributed by atoms with van der Waals surface area (Å²) in [5.41, 5.74) is 0.167. The first-order chi connectivity index (χ1) is 16.9. The van der Waals surface area contributed by atoms with Crippen LogP contribution in [-0.4, -0.2) is 61.4 Å². The Labute approximate surface area is 211 Å². The fourth-order valence-electron chi connectivity index (χ4n) is 4.67. The molecule has 0 aliphatic heterocycles. The zero-order valence-corrected chi connectivity index (χ0v) is 22.9. The number of hydrogen-bond donors (Lipinski definition) is 2. The van der Waals surface area contributed by atoms with E-state index in [0.717, 1.165) is 25.7 Å². The van der Waals surface area contributed by atoms with Crippen molar-refractivity contribution < 1.29 is 38.6 Å². The molecule has 0 atom stereocenters. The lowest BCUT2D eigenvalue weighted by Crippen LogP contribution is -2.72. The van der Waals surface area contributed by atoms with Crippen LogP contribution in [-0.2, 0) is 34.2 Å². The topological polar surface area (TPSA) is 95.8 Å². The molecule has 35 heavy (non-hydrogen) atoms. The molecule has 0 unspecified atom stereocenters. The van der Waals surface area contributed by atoms with Crippen LogP contribution in [0.15, 0.2) is 18.2 Å². The highest BCUT2D eigenvalue weighted by Gasteiger charge is 2.71. The Balaban J connectivity index is 4.10. The van der Waals surface area contributed by atoms with Crippen molar-refractivity contribution in [1.29, 1.82) is 0 Å². The zero-order valence-electron chi connectivity index (χ0n) is 22.9. The fourth-order valence-corrected chi connectivity index (χ4v) is 4.67. The van der Waals surface area contributed by atoms with Gasteiger partial charge >= 0.3 is 0 Å². The van der Waals surface area contributed by atoms with Gasteiger partial charge in [-0.05, 0) is 60.1 Å². The van der Waals surface area contributed by atoms with Crippen LogP contribution in [0.5, 0.6) is 11.5 Å². The Kier molecular flexibility index (Phi) is 14.1. The fraction of sp³-hybridized carbons (Fsp3) is 0.778. The number of para-hydroxylation sites is 1. The summed E-state index contributed by atoms with van der Waals surface area (Å²) in [5, 5.41) is 21.5. The standard InChI is InChI=1S/C27H48O8/c1-8-15-16-17-21-25(30-9-2,31-10-3)27(34-13-6,35-14-7)26(32-11-4,33-12-5)22-19-18-20-23(28)24(22)29/h18-20,28-29H,8-17,21H2,1-7H3. The van der Waals surface area contributed by atoms with Crippen molar-refractivity contribution >= 4 is 0 Å². The number of phenolic OH excluding ortho intramolecular Hbond substituents is 2. The summed E-state index contributed by atoms with van der Waals surface area (Å²) >= 11 is 0. The largest absolute Gasteiger partial charge is 0.504 e. The summed E-state index contributed by atoms with van der Waals surface area (Å²) in [6.45, 7) is 14.7. The van der Waals surface area contributed by atoms with E-state index < -0.39 is 17.4 Å². The number of phenols is 2. The maximum Gasteiger partial charge on any atom is 0.284 e. The van der Waals surface area contributed by atoms with E-state index in [4.69, 9.17) is 28.4 Å². The molecule has 0 radical (unpaired) electrons. The summed E-state index contributed by atoms with van der Waals surface area (Å²) < 4.78 is 38.6. The third kappa shape index (κ3) is 6.67. The molecule has 0 spiro atoms. The van der Waals surface area contributed by atoms with Gasteiger partial charge in [-0.2, -0.15) is 0 Å². The van der Waals surface area contributed by atoms with Crippen molar-refractivity contribution in [1.82, 2.24) is 0 Å². The minimum Gasteiger partial charge on any atom is -0.504 e. The molecule has 1 aromatic carbocycles. The molecule has 0 saturated carbocycles. The average Bonchev–Trinajstić information content (AvgIpc) is 2.83. The van der Waals surface area contributed by atoms with E-state index in [0.29, 0.717) is 19.6 Å². The molecule has 0 heterocycles. The van der Waals surface area contributed by atoms with Gasteiger partial charge in [-0.3, -0.25) is 0 Å². The first kappa shape index (κ1) is 31.6. The maximum absolute atomic E-state index is 11.1. The van der Waals surface area contributed by atoms with Crippen LogP contribution in [0.2, 0.25) is 0 Å². The van der Waals surface area contributed by atoms with Gasteiger partial charge in [0.2, 0.25) is 5.79 Å². The molecule has 204 valence electrons. The lowest BCUT2D eigenvalue weighted by atomic mass is 9.84. The second-order valence-electron chi connectivity index (χ2n) is 8.07. The number of unbranched alkanes of at least 4 members (excludes halogenated alkanes) is 3. The average molecular weight is 501 g/mol. The summed E-state index contributed by atoms with van der Waals surface area (Å²) in [7, 11) is 0. The summed E-state index contributed by atoms with van der Waals surface area (Å²) in [5.74, 6) is -5.77. The highest BCUT2D eigenvalue weighted by atomic mass is 16.8. The highest BCUT2D eigenvalue weighted by molar-refractivity contribution is 5.48. The Morgan fingerprint density at radius 3 is 1.60 bits per heavy atom. The van der Waals surface area contributed by atoms with Gasteiger partial charge in [0.25, 0.3) is 11.6 Å². The van der Waals surface area contributed by atoms with Crippen molar-refractivity contribution in [2.45, 2.75) is 97.9 Å². The van der Waals surface area contributed by atoms with Crippen molar-refractivity contribution in [2.75, 3.05) is 39.6 Å². The SMILES string of the molecule is CCCCCCC(OCC)(OCC)C(OCC)(OCC)C(OCC)(OCC)c1cccc(O)c1O. The molecule has 0 bridgehead atoms. The summed E-state index contributed by atoms with van der Waals surface area (Å²) in [4.78, 5) is 0. The Bertz CT molecular complexity index is 690. The van der Waals surface area contributed by atoms with Crippen LogP contribution >= 0.6 is 0 Å².